The Morgan fingerprint density at radius 2 is 2.22 bits per heavy atom. The zero-order valence-electron chi connectivity index (χ0n) is 11.7. The van der Waals surface area contributed by atoms with Gasteiger partial charge in [0.05, 0.1) is 0 Å². The number of ether oxygens (including phenoxy) is 1. The maximum atomic E-state index is 9.58. The van der Waals surface area contributed by atoms with Gasteiger partial charge in [0, 0.05) is 13.0 Å². The van der Waals surface area contributed by atoms with E-state index in [1.165, 1.54) is 11.1 Å². The summed E-state index contributed by atoms with van der Waals surface area (Å²) < 4.78 is 5.99. The van der Waals surface area contributed by atoms with Gasteiger partial charge in [-0.25, -0.2) is 0 Å². The lowest BCUT2D eigenvalue weighted by Crippen LogP contribution is -2.29. The molecule has 2 heteroatoms. The molecule has 1 aliphatic rings. The van der Waals surface area contributed by atoms with Crippen molar-refractivity contribution in [2.24, 2.45) is 5.41 Å². The van der Waals surface area contributed by atoms with E-state index in [2.05, 4.69) is 39.0 Å². The molecule has 1 aromatic rings. The Bertz CT molecular complexity index is 414. The summed E-state index contributed by atoms with van der Waals surface area (Å²) in [7, 11) is 0. The Hall–Kier alpha value is -1.02. The van der Waals surface area contributed by atoms with E-state index in [1.807, 2.05) is 0 Å². The Morgan fingerprint density at radius 1 is 1.44 bits per heavy atom. The fraction of sp³-hybridized carbons (Fsp3) is 0.625. The summed E-state index contributed by atoms with van der Waals surface area (Å²) in [5.41, 5.74) is 2.60. The van der Waals surface area contributed by atoms with Gasteiger partial charge in [-0.2, -0.15) is 0 Å². The van der Waals surface area contributed by atoms with Gasteiger partial charge in [-0.05, 0) is 36.8 Å². The molecule has 0 aromatic heterocycles. The second kappa shape index (κ2) is 5.31. The van der Waals surface area contributed by atoms with E-state index in [-0.39, 0.29) is 18.1 Å². The summed E-state index contributed by atoms with van der Waals surface area (Å²) in [5.74, 6) is 1.03. The summed E-state index contributed by atoms with van der Waals surface area (Å²) in [6.45, 7) is 6.69. The summed E-state index contributed by atoms with van der Waals surface area (Å²) in [4.78, 5) is 0. The molecule has 1 heterocycles. The second-order valence-corrected chi connectivity index (χ2v) is 5.98. The summed E-state index contributed by atoms with van der Waals surface area (Å²) in [6, 6.07) is 6.38. The van der Waals surface area contributed by atoms with Crippen molar-refractivity contribution >= 4 is 0 Å². The predicted octanol–water partition coefficient (Wildman–Crippen LogP) is 3.49. The molecule has 0 radical (unpaired) electrons. The van der Waals surface area contributed by atoms with Crippen molar-refractivity contribution in [2.75, 3.05) is 6.61 Å². The largest absolute Gasteiger partial charge is 0.490 e. The van der Waals surface area contributed by atoms with Crippen LogP contribution in [0.3, 0.4) is 0 Å². The number of rotatable bonds is 5. The van der Waals surface area contributed by atoms with Crippen LogP contribution in [-0.2, 0) is 6.42 Å². The smallest absolute Gasteiger partial charge is 0.123 e. The first-order valence-corrected chi connectivity index (χ1v) is 6.93. The van der Waals surface area contributed by atoms with Crippen LogP contribution in [-0.4, -0.2) is 17.8 Å². The highest BCUT2D eigenvalue weighted by Gasteiger charge is 2.31. The number of aliphatic hydroxyl groups is 1. The van der Waals surface area contributed by atoms with Gasteiger partial charge in [0.25, 0.3) is 0 Å². The molecule has 2 unspecified atom stereocenters. The maximum absolute atomic E-state index is 9.58. The van der Waals surface area contributed by atoms with E-state index in [1.54, 1.807) is 0 Å². The summed E-state index contributed by atoms with van der Waals surface area (Å²) in [5, 5.41) is 9.58. The van der Waals surface area contributed by atoms with Crippen LogP contribution < -0.4 is 4.74 Å². The molecule has 1 aliphatic heterocycles. The Labute approximate surface area is 110 Å². The molecule has 0 saturated carbocycles. The van der Waals surface area contributed by atoms with Crippen LogP contribution in [0.4, 0.5) is 0 Å². The molecule has 18 heavy (non-hydrogen) atoms. The Kier molecular flexibility index (Phi) is 3.96. The highest BCUT2D eigenvalue weighted by molar-refractivity contribution is 5.40. The van der Waals surface area contributed by atoms with Gasteiger partial charge in [0.2, 0.25) is 0 Å². The quantitative estimate of drug-likeness (QED) is 0.864. The lowest BCUT2D eigenvalue weighted by atomic mass is 9.80. The molecule has 0 spiro atoms. The molecule has 1 N–H and O–H groups in total. The third kappa shape index (κ3) is 2.86. The van der Waals surface area contributed by atoms with E-state index in [4.69, 9.17) is 4.74 Å². The zero-order valence-corrected chi connectivity index (χ0v) is 11.7. The second-order valence-electron chi connectivity index (χ2n) is 5.98. The topological polar surface area (TPSA) is 29.5 Å². The highest BCUT2D eigenvalue weighted by Crippen LogP contribution is 2.36. The Morgan fingerprint density at radius 3 is 2.89 bits per heavy atom. The van der Waals surface area contributed by atoms with Gasteiger partial charge in [-0.1, -0.05) is 38.0 Å². The predicted molar refractivity (Wildman–Crippen MR) is 74.0 cm³/mol. The molecule has 0 saturated heterocycles. The lowest BCUT2D eigenvalue weighted by molar-refractivity contribution is 0.0749. The van der Waals surface area contributed by atoms with E-state index in [9.17, 15) is 5.11 Å². The van der Waals surface area contributed by atoms with Crippen LogP contribution in [0.1, 0.15) is 44.2 Å². The van der Waals surface area contributed by atoms with Crippen LogP contribution in [0.25, 0.3) is 0 Å². The minimum absolute atomic E-state index is 0.00347. The van der Waals surface area contributed by atoms with Crippen LogP contribution in [0.2, 0.25) is 0 Å². The molecule has 0 bridgehead atoms. The first kappa shape index (κ1) is 13.4. The third-order valence-electron chi connectivity index (χ3n) is 3.91. The molecular formula is C16H24O2. The SMILES string of the molecule is CCCC(C)(CO)CC1Cc2cc(C)ccc2O1. The van der Waals surface area contributed by atoms with Crippen LogP contribution in [0.5, 0.6) is 5.75 Å². The monoisotopic (exact) mass is 248 g/mol. The van der Waals surface area contributed by atoms with Crippen molar-refractivity contribution in [3.63, 3.8) is 0 Å². The first-order chi connectivity index (χ1) is 8.56. The minimum Gasteiger partial charge on any atom is -0.490 e. The lowest BCUT2D eigenvalue weighted by Gasteiger charge is -2.29. The van der Waals surface area contributed by atoms with Gasteiger partial charge in [0.15, 0.2) is 0 Å². The zero-order chi connectivity index (χ0) is 13.2. The van der Waals surface area contributed by atoms with Crippen molar-refractivity contribution in [1.29, 1.82) is 0 Å². The Balaban J connectivity index is 2.02. The molecule has 2 rings (SSSR count). The van der Waals surface area contributed by atoms with Gasteiger partial charge in [0.1, 0.15) is 11.9 Å². The van der Waals surface area contributed by atoms with E-state index in [0.29, 0.717) is 0 Å². The fourth-order valence-electron chi connectivity index (χ4n) is 2.96. The van der Waals surface area contributed by atoms with E-state index < -0.39 is 0 Å². The fourth-order valence-corrected chi connectivity index (χ4v) is 2.96. The van der Waals surface area contributed by atoms with Gasteiger partial charge in [-0.15, -0.1) is 0 Å². The molecule has 0 aliphatic carbocycles. The standard InChI is InChI=1S/C16H24O2/c1-4-7-16(3,11-17)10-14-9-13-8-12(2)5-6-15(13)18-14/h5-6,8,14,17H,4,7,9-11H2,1-3H3. The van der Waals surface area contributed by atoms with Crippen molar-refractivity contribution in [3.05, 3.63) is 29.3 Å². The van der Waals surface area contributed by atoms with E-state index >= 15 is 0 Å². The van der Waals surface area contributed by atoms with Crippen LogP contribution >= 0.6 is 0 Å². The number of hydrogen-bond acceptors (Lipinski definition) is 2. The molecular weight excluding hydrogens is 224 g/mol. The third-order valence-corrected chi connectivity index (χ3v) is 3.91. The summed E-state index contributed by atoms with van der Waals surface area (Å²) >= 11 is 0. The normalized spacial score (nSPS) is 21.2. The molecule has 0 fully saturated rings. The average Bonchev–Trinajstić information content (AvgIpc) is 2.70. The number of benzene rings is 1. The van der Waals surface area contributed by atoms with Crippen LogP contribution in [0, 0.1) is 12.3 Å². The molecule has 100 valence electrons. The molecule has 2 nitrogen and oxygen atoms in total. The first-order valence-electron chi connectivity index (χ1n) is 6.93. The number of aliphatic hydroxyl groups excluding tert-OH is 1. The number of aryl methyl sites for hydroxylation is 1. The van der Waals surface area contributed by atoms with Crippen molar-refractivity contribution in [2.45, 2.75) is 52.6 Å². The average molecular weight is 248 g/mol. The van der Waals surface area contributed by atoms with Gasteiger partial charge in [-0.3, -0.25) is 0 Å². The molecule has 2 atom stereocenters. The molecule has 0 amide bonds. The van der Waals surface area contributed by atoms with E-state index in [0.717, 1.165) is 31.4 Å². The maximum Gasteiger partial charge on any atom is 0.123 e. The van der Waals surface area contributed by atoms with Crippen molar-refractivity contribution in [3.8, 4) is 5.75 Å². The van der Waals surface area contributed by atoms with Crippen molar-refractivity contribution < 1.29 is 9.84 Å². The highest BCUT2D eigenvalue weighted by atomic mass is 16.5. The summed E-state index contributed by atoms with van der Waals surface area (Å²) in [6.07, 6.45) is 4.31. The van der Waals surface area contributed by atoms with Crippen LogP contribution in [0.15, 0.2) is 18.2 Å². The number of fused-ring (bicyclic) bond motifs is 1. The van der Waals surface area contributed by atoms with Gasteiger partial charge < -0.3 is 9.84 Å². The molecule has 1 aromatic carbocycles. The number of hydrogen-bond donors (Lipinski definition) is 1. The minimum atomic E-state index is -0.00347. The van der Waals surface area contributed by atoms with Crippen molar-refractivity contribution in [1.82, 2.24) is 0 Å². The van der Waals surface area contributed by atoms with Gasteiger partial charge >= 0.3 is 0 Å².